The van der Waals surface area contributed by atoms with Gasteiger partial charge >= 0.3 is 18.3 Å². The number of rotatable bonds is 9. The molecule has 0 aliphatic carbocycles. The predicted octanol–water partition coefficient (Wildman–Crippen LogP) is 6.19. The summed E-state index contributed by atoms with van der Waals surface area (Å²) < 4.78 is 106. The maximum atomic E-state index is 13.7. The van der Waals surface area contributed by atoms with Crippen LogP contribution in [0.2, 0.25) is 5.02 Å². The first kappa shape index (κ1) is 33.4. The van der Waals surface area contributed by atoms with E-state index in [2.05, 4.69) is 15.6 Å². The number of aliphatic imine (C=N–C) groups is 1. The summed E-state index contributed by atoms with van der Waals surface area (Å²) >= 11 is 7.72. The predicted molar refractivity (Wildman–Crippen MR) is 143 cm³/mol. The number of hydrogen-bond acceptors (Lipinski definition) is 6. The monoisotopic (exact) mass is 645 g/mol. The normalized spacial score (nSPS) is 17.0. The van der Waals surface area contributed by atoms with E-state index >= 15 is 0 Å². The Bertz CT molecular complexity index is 1370. The van der Waals surface area contributed by atoms with Crippen LogP contribution < -0.4 is 16.1 Å². The molecule has 2 atom stereocenters. The van der Waals surface area contributed by atoms with Gasteiger partial charge in [0.1, 0.15) is 0 Å². The van der Waals surface area contributed by atoms with Crippen molar-refractivity contribution in [3.63, 3.8) is 0 Å². The summed E-state index contributed by atoms with van der Waals surface area (Å²) in [4.78, 5) is 28.5. The third kappa shape index (κ3) is 7.45. The van der Waals surface area contributed by atoms with Gasteiger partial charge in [-0.05, 0) is 49.4 Å². The van der Waals surface area contributed by atoms with Crippen LogP contribution in [-0.4, -0.2) is 65.2 Å². The standard InChI is InChI=1S/C25H24ClF8N5O2S/c1-12-9-14(10-39-22(24(29,30)31)37-21(38-39)23(27,28)25(32,33)34)7-8-17(12)36-19(40)15-5-4-6-16(26)18(15)20(41)35-13(2)11-42-3/h4-9,13,22H,10-11H2,1-3H3,(H,35,41)(H,36,40)(H,37,38)/t13-,22?/m0/s1. The molecule has 2 aromatic carbocycles. The summed E-state index contributed by atoms with van der Waals surface area (Å²) in [7, 11) is 0. The highest BCUT2D eigenvalue weighted by atomic mass is 35.5. The number of thioether (sulfide) groups is 1. The van der Waals surface area contributed by atoms with E-state index in [1.54, 1.807) is 6.92 Å². The van der Waals surface area contributed by atoms with Crippen LogP contribution in [0.1, 0.15) is 38.8 Å². The molecule has 0 radical (unpaired) electrons. The molecule has 0 spiro atoms. The van der Waals surface area contributed by atoms with E-state index in [9.17, 15) is 44.7 Å². The van der Waals surface area contributed by atoms with Gasteiger partial charge in [0.2, 0.25) is 6.17 Å². The quantitative estimate of drug-likeness (QED) is 0.284. The second-order valence-corrected chi connectivity index (χ2v) is 10.6. The lowest BCUT2D eigenvalue weighted by atomic mass is 10.0. The number of carbonyl (C=O) groups is 2. The fourth-order valence-electron chi connectivity index (χ4n) is 3.96. The van der Waals surface area contributed by atoms with Crippen LogP contribution >= 0.6 is 23.4 Å². The van der Waals surface area contributed by atoms with Gasteiger partial charge in [0, 0.05) is 24.0 Å². The maximum Gasteiger partial charge on any atom is 0.461 e. The number of carbonyl (C=O) groups excluding carboxylic acids is 2. The molecule has 0 saturated heterocycles. The number of aryl methyl sites for hydroxylation is 1. The fourth-order valence-corrected chi connectivity index (χ4v) is 4.81. The Labute approximate surface area is 244 Å². The summed E-state index contributed by atoms with van der Waals surface area (Å²) in [6.45, 7) is 2.49. The highest BCUT2D eigenvalue weighted by molar-refractivity contribution is 7.98. The number of hydrogen-bond donors (Lipinski definition) is 3. The van der Waals surface area contributed by atoms with Gasteiger partial charge in [0.05, 0.1) is 16.1 Å². The average molecular weight is 646 g/mol. The molecule has 17 heteroatoms. The van der Waals surface area contributed by atoms with Crippen molar-refractivity contribution in [2.24, 2.45) is 4.99 Å². The molecule has 42 heavy (non-hydrogen) atoms. The molecule has 3 N–H and O–H groups in total. The van der Waals surface area contributed by atoms with Crippen LogP contribution in [0, 0.1) is 6.92 Å². The Morgan fingerprint density at radius 2 is 1.76 bits per heavy atom. The number of amides is 2. The number of nitrogens with one attached hydrogen (secondary N) is 3. The van der Waals surface area contributed by atoms with Gasteiger partial charge in [-0.3, -0.25) is 15.0 Å². The molecule has 3 rings (SSSR count). The summed E-state index contributed by atoms with van der Waals surface area (Å²) in [6.07, 6.45) is -12.6. The van der Waals surface area contributed by atoms with Gasteiger partial charge in [0.25, 0.3) is 11.8 Å². The zero-order valence-corrected chi connectivity index (χ0v) is 23.6. The molecule has 1 unspecified atom stereocenters. The van der Waals surface area contributed by atoms with Crippen molar-refractivity contribution < 1.29 is 44.7 Å². The van der Waals surface area contributed by atoms with E-state index in [0.717, 1.165) is 0 Å². The van der Waals surface area contributed by atoms with Crippen LogP contribution in [0.15, 0.2) is 41.4 Å². The maximum absolute atomic E-state index is 13.7. The molecule has 0 saturated carbocycles. The number of alkyl halides is 8. The Balaban J connectivity index is 1.80. The molecular formula is C25H24ClF8N5O2S. The average Bonchev–Trinajstić information content (AvgIpc) is 3.30. The number of anilines is 1. The van der Waals surface area contributed by atoms with Crippen molar-refractivity contribution in [1.82, 2.24) is 15.8 Å². The molecule has 1 aliphatic heterocycles. The molecule has 0 aromatic heterocycles. The van der Waals surface area contributed by atoms with Gasteiger partial charge in [-0.15, -0.1) is 0 Å². The molecular weight excluding hydrogens is 622 g/mol. The van der Waals surface area contributed by atoms with Gasteiger partial charge in [0.15, 0.2) is 5.84 Å². The van der Waals surface area contributed by atoms with E-state index in [1.807, 2.05) is 6.26 Å². The smallest absolute Gasteiger partial charge is 0.349 e. The molecule has 7 nitrogen and oxygen atoms in total. The van der Waals surface area contributed by atoms with Crippen molar-refractivity contribution in [2.45, 2.75) is 50.9 Å². The van der Waals surface area contributed by atoms with Crippen molar-refractivity contribution in [3.05, 3.63) is 63.7 Å². The van der Waals surface area contributed by atoms with E-state index < -0.39 is 48.6 Å². The third-order valence-corrected chi connectivity index (χ3v) is 7.06. The SMILES string of the molecule is CSC[C@H](C)NC(=O)c1c(Cl)cccc1C(=O)Nc1ccc(CN2NC(C(F)(F)C(F)(F)F)=NC2C(F)(F)F)cc1C. The molecule has 0 fully saturated rings. The van der Waals surface area contributed by atoms with Crippen LogP contribution in [0.25, 0.3) is 0 Å². The van der Waals surface area contributed by atoms with Gasteiger partial charge in [-0.25, -0.2) is 4.99 Å². The van der Waals surface area contributed by atoms with Crippen molar-refractivity contribution in [1.29, 1.82) is 0 Å². The van der Waals surface area contributed by atoms with Crippen LogP contribution in [0.4, 0.5) is 40.8 Å². The number of halogens is 9. The van der Waals surface area contributed by atoms with E-state index in [4.69, 9.17) is 11.6 Å². The second-order valence-electron chi connectivity index (χ2n) is 9.30. The van der Waals surface area contributed by atoms with E-state index in [0.29, 0.717) is 11.3 Å². The number of amidine groups is 1. The molecule has 0 bridgehead atoms. The lowest BCUT2D eigenvalue weighted by molar-refractivity contribution is -0.250. The van der Waals surface area contributed by atoms with Crippen molar-refractivity contribution >= 4 is 46.7 Å². The Hall–Kier alpha value is -3.11. The zero-order chi connectivity index (χ0) is 31.6. The lowest BCUT2D eigenvalue weighted by Gasteiger charge is -2.26. The highest BCUT2D eigenvalue weighted by Crippen LogP contribution is 2.39. The zero-order valence-electron chi connectivity index (χ0n) is 22.1. The Morgan fingerprint density at radius 1 is 1.10 bits per heavy atom. The summed E-state index contributed by atoms with van der Waals surface area (Å²) in [5.41, 5.74) is 1.90. The molecule has 230 valence electrons. The van der Waals surface area contributed by atoms with Gasteiger partial charge in [-0.1, -0.05) is 29.8 Å². The number of nitrogens with zero attached hydrogens (tertiary/aromatic N) is 2. The summed E-state index contributed by atoms with van der Waals surface area (Å²) in [6, 6.07) is 7.91. The fraction of sp³-hybridized carbons (Fsp3) is 0.400. The van der Waals surface area contributed by atoms with Gasteiger partial charge < -0.3 is 10.6 Å². The third-order valence-electron chi connectivity index (χ3n) is 5.91. The first-order chi connectivity index (χ1) is 19.4. The minimum absolute atomic E-state index is 0.0265. The van der Waals surface area contributed by atoms with Crippen LogP contribution in [0.3, 0.4) is 0 Å². The van der Waals surface area contributed by atoms with Crippen molar-refractivity contribution in [2.75, 3.05) is 17.3 Å². The summed E-state index contributed by atoms with van der Waals surface area (Å²) in [5, 5.41) is 5.47. The van der Waals surface area contributed by atoms with Crippen molar-refractivity contribution in [3.8, 4) is 0 Å². The molecule has 1 aliphatic rings. The minimum Gasteiger partial charge on any atom is -0.349 e. The first-order valence-corrected chi connectivity index (χ1v) is 13.8. The largest absolute Gasteiger partial charge is 0.461 e. The number of benzene rings is 2. The highest BCUT2D eigenvalue weighted by Gasteiger charge is 2.64. The van der Waals surface area contributed by atoms with Crippen LogP contribution in [-0.2, 0) is 6.54 Å². The lowest BCUT2D eigenvalue weighted by Crippen LogP contribution is -2.53. The molecule has 1 heterocycles. The first-order valence-electron chi connectivity index (χ1n) is 12.0. The summed E-state index contributed by atoms with van der Waals surface area (Å²) in [5.74, 6) is -8.51. The number of hydrazine groups is 1. The second kappa shape index (κ2) is 12.6. The molecule has 2 amide bonds. The van der Waals surface area contributed by atoms with E-state index in [1.165, 1.54) is 60.5 Å². The van der Waals surface area contributed by atoms with Gasteiger partial charge in [-0.2, -0.15) is 51.9 Å². The topological polar surface area (TPSA) is 85.8 Å². The van der Waals surface area contributed by atoms with Crippen LogP contribution in [0.5, 0.6) is 0 Å². The van der Waals surface area contributed by atoms with E-state index in [-0.39, 0.29) is 38.5 Å². The molecule has 2 aromatic rings. The minimum atomic E-state index is -6.17. The Kier molecular flexibility index (Phi) is 10.0. The Morgan fingerprint density at radius 3 is 2.33 bits per heavy atom.